The highest BCUT2D eigenvalue weighted by Gasteiger charge is 2.23. The van der Waals surface area contributed by atoms with Gasteiger partial charge in [-0.05, 0) is 37.1 Å². The van der Waals surface area contributed by atoms with Crippen LogP contribution < -0.4 is 15.5 Å². The Bertz CT molecular complexity index is 990. The van der Waals surface area contributed by atoms with E-state index in [0.717, 1.165) is 56.9 Å². The van der Waals surface area contributed by atoms with Crippen LogP contribution in [0.3, 0.4) is 0 Å². The number of rotatable bonds is 6. The van der Waals surface area contributed by atoms with Crippen LogP contribution in [-0.2, 0) is 4.74 Å². The molecule has 5 rings (SSSR count). The lowest BCUT2D eigenvalue weighted by Gasteiger charge is -2.28. The summed E-state index contributed by atoms with van der Waals surface area (Å²) in [6, 6.07) is 10.7. The van der Waals surface area contributed by atoms with E-state index in [-0.39, 0.29) is 0 Å². The average molecular weight is 378 g/mol. The van der Waals surface area contributed by atoms with Crippen molar-refractivity contribution in [3.8, 4) is 0 Å². The van der Waals surface area contributed by atoms with Gasteiger partial charge in [0.2, 0.25) is 0 Å². The third-order valence-corrected chi connectivity index (χ3v) is 5.07. The van der Waals surface area contributed by atoms with Crippen molar-refractivity contribution in [2.24, 2.45) is 0 Å². The number of hydrogen-bond donors (Lipinski definition) is 2. The fourth-order valence-corrected chi connectivity index (χ4v) is 3.39. The Labute approximate surface area is 162 Å². The van der Waals surface area contributed by atoms with E-state index >= 15 is 0 Å². The molecule has 2 aromatic heterocycles. The van der Waals surface area contributed by atoms with Gasteiger partial charge in [0, 0.05) is 36.6 Å². The largest absolute Gasteiger partial charge is 0.378 e. The standard InChI is InChI=1S/C20H22N6O2/c27-13-14-12-21-26-19(23-16-1-2-16)11-18(24-20(14)26)22-15-3-5-17(6-4-15)25-7-9-28-10-8-25/h3-6,11-13,16,23H,1-2,7-10H2,(H,22,24). The van der Waals surface area contributed by atoms with Crippen LogP contribution in [0.15, 0.2) is 36.5 Å². The molecule has 2 aliphatic rings. The molecule has 144 valence electrons. The van der Waals surface area contributed by atoms with Gasteiger partial charge >= 0.3 is 0 Å². The van der Waals surface area contributed by atoms with Crippen molar-refractivity contribution in [3.05, 3.63) is 42.1 Å². The Balaban J connectivity index is 1.41. The third kappa shape index (κ3) is 3.38. The Morgan fingerprint density at radius 1 is 1.14 bits per heavy atom. The molecule has 0 amide bonds. The highest BCUT2D eigenvalue weighted by Crippen LogP contribution is 2.28. The van der Waals surface area contributed by atoms with Crippen molar-refractivity contribution in [2.75, 3.05) is 41.8 Å². The predicted octanol–water partition coefficient (Wildman–Crippen LogP) is 2.70. The number of carbonyl (C=O) groups is 1. The fourth-order valence-electron chi connectivity index (χ4n) is 3.39. The molecule has 0 atom stereocenters. The number of nitrogens with one attached hydrogen (secondary N) is 2. The molecule has 8 nitrogen and oxygen atoms in total. The van der Waals surface area contributed by atoms with E-state index in [1.807, 2.05) is 18.2 Å². The summed E-state index contributed by atoms with van der Waals surface area (Å²) in [5.74, 6) is 1.52. The van der Waals surface area contributed by atoms with Crippen molar-refractivity contribution in [1.29, 1.82) is 0 Å². The summed E-state index contributed by atoms with van der Waals surface area (Å²) < 4.78 is 7.10. The number of anilines is 4. The van der Waals surface area contributed by atoms with Gasteiger partial charge in [0.05, 0.1) is 25.0 Å². The molecule has 1 aliphatic carbocycles. The zero-order valence-electron chi connectivity index (χ0n) is 15.5. The maximum Gasteiger partial charge on any atom is 0.170 e. The van der Waals surface area contributed by atoms with Crippen molar-refractivity contribution < 1.29 is 9.53 Å². The van der Waals surface area contributed by atoms with Crippen LogP contribution in [0.2, 0.25) is 0 Å². The minimum absolute atomic E-state index is 0.468. The second-order valence-corrected chi connectivity index (χ2v) is 7.17. The van der Waals surface area contributed by atoms with Crippen LogP contribution in [0.25, 0.3) is 5.65 Å². The lowest BCUT2D eigenvalue weighted by molar-refractivity contribution is 0.112. The number of aldehydes is 1. The first-order valence-electron chi connectivity index (χ1n) is 9.60. The Morgan fingerprint density at radius 2 is 1.93 bits per heavy atom. The summed E-state index contributed by atoms with van der Waals surface area (Å²) >= 11 is 0. The van der Waals surface area contributed by atoms with Crippen molar-refractivity contribution >= 4 is 34.9 Å². The summed E-state index contributed by atoms with van der Waals surface area (Å²) in [4.78, 5) is 18.2. The van der Waals surface area contributed by atoms with Gasteiger partial charge in [0.1, 0.15) is 11.6 Å². The molecule has 2 N–H and O–H groups in total. The van der Waals surface area contributed by atoms with Gasteiger partial charge in [-0.25, -0.2) is 4.98 Å². The van der Waals surface area contributed by atoms with Crippen molar-refractivity contribution in [1.82, 2.24) is 14.6 Å². The quantitative estimate of drug-likeness (QED) is 0.638. The molecule has 1 aromatic carbocycles. The molecule has 8 heteroatoms. The van der Waals surface area contributed by atoms with Gasteiger partial charge in [-0.3, -0.25) is 4.79 Å². The summed E-state index contributed by atoms with van der Waals surface area (Å²) in [6.45, 7) is 3.37. The molecular weight excluding hydrogens is 356 g/mol. The van der Waals surface area contributed by atoms with Gasteiger partial charge in [-0.1, -0.05) is 0 Å². The van der Waals surface area contributed by atoms with Crippen LogP contribution >= 0.6 is 0 Å². The van der Waals surface area contributed by atoms with E-state index in [1.54, 1.807) is 10.7 Å². The number of carbonyl (C=O) groups excluding carboxylic acids is 1. The third-order valence-electron chi connectivity index (χ3n) is 5.07. The summed E-state index contributed by atoms with van der Waals surface area (Å²) in [5, 5.41) is 11.1. The Morgan fingerprint density at radius 3 is 2.64 bits per heavy atom. The molecule has 1 saturated carbocycles. The second kappa shape index (κ2) is 7.12. The van der Waals surface area contributed by atoms with Crippen LogP contribution in [0.5, 0.6) is 0 Å². The number of nitrogens with zero attached hydrogens (tertiary/aromatic N) is 4. The van der Waals surface area contributed by atoms with Gasteiger partial charge in [0.25, 0.3) is 0 Å². The van der Waals surface area contributed by atoms with Crippen molar-refractivity contribution in [3.63, 3.8) is 0 Å². The van der Waals surface area contributed by atoms with Crippen molar-refractivity contribution in [2.45, 2.75) is 18.9 Å². The molecular formula is C20H22N6O2. The van der Waals surface area contributed by atoms with Gasteiger partial charge in [-0.15, -0.1) is 0 Å². The van der Waals surface area contributed by atoms with E-state index in [0.29, 0.717) is 23.1 Å². The summed E-state index contributed by atoms with van der Waals surface area (Å²) in [6.07, 6.45) is 4.64. The Hall–Kier alpha value is -3.13. The maximum atomic E-state index is 11.3. The van der Waals surface area contributed by atoms with E-state index < -0.39 is 0 Å². The Kier molecular flexibility index (Phi) is 4.32. The predicted molar refractivity (Wildman–Crippen MR) is 108 cm³/mol. The van der Waals surface area contributed by atoms with Gasteiger partial charge < -0.3 is 20.3 Å². The number of fused-ring (bicyclic) bond motifs is 1. The molecule has 3 aromatic rings. The zero-order valence-corrected chi connectivity index (χ0v) is 15.5. The van der Waals surface area contributed by atoms with Crippen LogP contribution in [0, 0.1) is 0 Å². The second-order valence-electron chi connectivity index (χ2n) is 7.17. The number of aromatic nitrogens is 3. The normalized spacial score (nSPS) is 16.9. The molecule has 28 heavy (non-hydrogen) atoms. The number of ether oxygens (including phenoxy) is 1. The van der Waals surface area contributed by atoms with Crippen LogP contribution in [0.4, 0.5) is 23.0 Å². The fraction of sp³-hybridized carbons (Fsp3) is 0.350. The van der Waals surface area contributed by atoms with E-state index in [1.165, 1.54) is 5.69 Å². The molecule has 0 unspecified atom stereocenters. The molecule has 1 aliphatic heterocycles. The first-order chi connectivity index (χ1) is 13.8. The minimum Gasteiger partial charge on any atom is -0.378 e. The van der Waals surface area contributed by atoms with E-state index in [9.17, 15) is 4.79 Å². The van der Waals surface area contributed by atoms with Crippen LogP contribution in [-0.4, -0.2) is 53.2 Å². The monoisotopic (exact) mass is 378 g/mol. The molecule has 0 radical (unpaired) electrons. The highest BCUT2D eigenvalue weighted by atomic mass is 16.5. The number of hydrogen-bond acceptors (Lipinski definition) is 7. The maximum absolute atomic E-state index is 11.3. The lowest BCUT2D eigenvalue weighted by atomic mass is 10.2. The molecule has 0 spiro atoms. The van der Waals surface area contributed by atoms with Crippen LogP contribution in [0.1, 0.15) is 23.2 Å². The lowest BCUT2D eigenvalue weighted by Crippen LogP contribution is -2.36. The number of benzene rings is 1. The molecule has 1 saturated heterocycles. The first-order valence-corrected chi connectivity index (χ1v) is 9.60. The molecule has 0 bridgehead atoms. The summed E-state index contributed by atoms with van der Waals surface area (Å²) in [5.41, 5.74) is 3.16. The molecule has 3 heterocycles. The minimum atomic E-state index is 0.468. The van der Waals surface area contributed by atoms with Gasteiger partial charge in [-0.2, -0.15) is 9.61 Å². The average Bonchev–Trinajstić information content (AvgIpc) is 3.45. The number of morpholine rings is 1. The highest BCUT2D eigenvalue weighted by molar-refractivity contribution is 5.85. The van der Waals surface area contributed by atoms with E-state index in [2.05, 4.69) is 37.7 Å². The van der Waals surface area contributed by atoms with Gasteiger partial charge in [0.15, 0.2) is 11.9 Å². The topological polar surface area (TPSA) is 83.8 Å². The molecule has 2 fully saturated rings. The van der Waals surface area contributed by atoms with E-state index in [4.69, 9.17) is 4.74 Å². The first kappa shape index (κ1) is 17.0. The smallest absolute Gasteiger partial charge is 0.170 e. The SMILES string of the molecule is O=Cc1cnn2c(NC3CC3)cc(Nc3ccc(N4CCOCC4)cc3)nc12. The summed E-state index contributed by atoms with van der Waals surface area (Å²) in [7, 11) is 0. The zero-order chi connectivity index (χ0) is 18.9.